The molecule has 0 fully saturated rings. The van der Waals surface area contributed by atoms with Crippen molar-refractivity contribution in [3.63, 3.8) is 0 Å². The molecule has 1 aromatic rings. The molecule has 0 aromatic heterocycles. The van der Waals surface area contributed by atoms with Crippen molar-refractivity contribution in [2.45, 2.75) is 39.5 Å². The van der Waals surface area contributed by atoms with Crippen LogP contribution >= 0.6 is 15.9 Å². The van der Waals surface area contributed by atoms with E-state index in [1.807, 2.05) is 37.3 Å². The van der Waals surface area contributed by atoms with Crippen molar-refractivity contribution in [1.82, 2.24) is 5.32 Å². The zero-order valence-electron chi connectivity index (χ0n) is 12.1. The Morgan fingerprint density at radius 3 is 2.53 bits per heavy atom. The fraction of sp³-hybridized carbons (Fsp3) is 0.562. The lowest BCUT2D eigenvalue weighted by atomic mass is 9.88. The number of hydrogen-bond acceptors (Lipinski definition) is 1. The summed E-state index contributed by atoms with van der Waals surface area (Å²) in [6.07, 6.45) is 2.25. The third-order valence-corrected chi connectivity index (χ3v) is 3.98. The van der Waals surface area contributed by atoms with E-state index in [-0.39, 0.29) is 17.2 Å². The van der Waals surface area contributed by atoms with E-state index < -0.39 is 0 Å². The minimum absolute atomic E-state index is 0.0897. The van der Waals surface area contributed by atoms with Gasteiger partial charge in [-0.15, -0.1) is 0 Å². The van der Waals surface area contributed by atoms with Gasteiger partial charge in [0.15, 0.2) is 0 Å². The standard InChI is InChI=1S/C16H24BrNO/c1-13(14-8-5-4-6-9-14)15(19)18-12-16(2,3)10-7-11-17/h4-6,8-9,13H,7,10-12H2,1-3H3,(H,18,19). The molecule has 0 saturated carbocycles. The second kappa shape index (κ2) is 7.68. The molecule has 0 radical (unpaired) electrons. The van der Waals surface area contributed by atoms with E-state index in [0.29, 0.717) is 0 Å². The summed E-state index contributed by atoms with van der Waals surface area (Å²) in [4.78, 5) is 12.1. The van der Waals surface area contributed by atoms with E-state index in [1.165, 1.54) is 0 Å². The molecule has 0 heterocycles. The molecule has 1 amide bonds. The molecular weight excluding hydrogens is 302 g/mol. The highest BCUT2D eigenvalue weighted by atomic mass is 79.9. The Morgan fingerprint density at radius 1 is 1.32 bits per heavy atom. The van der Waals surface area contributed by atoms with Crippen molar-refractivity contribution in [1.29, 1.82) is 0 Å². The van der Waals surface area contributed by atoms with Crippen LogP contribution in [0.15, 0.2) is 30.3 Å². The van der Waals surface area contributed by atoms with Gasteiger partial charge in [-0.25, -0.2) is 0 Å². The van der Waals surface area contributed by atoms with Crippen LogP contribution in [-0.2, 0) is 4.79 Å². The van der Waals surface area contributed by atoms with Gasteiger partial charge in [0.2, 0.25) is 5.91 Å². The average Bonchev–Trinajstić information content (AvgIpc) is 2.43. The number of rotatable bonds is 7. The number of carbonyl (C=O) groups is 1. The Bertz CT molecular complexity index is 389. The highest BCUT2D eigenvalue weighted by Crippen LogP contribution is 2.22. The van der Waals surface area contributed by atoms with Crippen LogP contribution in [0.1, 0.15) is 45.1 Å². The van der Waals surface area contributed by atoms with E-state index in [4.69, 9.17) is 0 Å². The molecule has 0 saturated heterocycles. The van der Waals surface area contributed by atoms with E-state index in [9.17, 15) is 4.79 Å². The van der Waals surface area contributed by atoms with Crippen molar-refractivity contribution in [2.75, 3.05) is 11.9 Å². The molecule has 0 spiro atoms. The topological polar surface area (TPSA) is 29.1 Å². The zero-order valence-corrected chi connectivity index (χ0v) is 13.7. The molecule has 3 heteroatoms. The van der Waals surface area contributed by atoms with Crippen molar-refractivity contribution < 1.29 is 4.79 Å². The maximum absolute atomic E-state index is 12.1. The van der Waals surface area contributed by atoms with Crippen LogP contribution in [0, 0.1) is 5.41 Å². The third-order valence-electron chi connectivity index (χ3n) is 3.42. The number of carbonyl (C=O) groups excluding carboxylic acids is 1. The molecule has 0 bridgehead atoms. The summed E-state index contributed by atoms with van der Waals surface area (Å²) in [6, 6.07) is 9.91. The smallest absolute Gasteiger partial charge is 0.227 e. The Balaban J connectivity index is 2.47. The van der Waals surface area contributed by atoms with Crippen LogP contribution in [0.2, 0.25) is 0 Å². The quantitative estimate of drug-likeness (QED) is 0.751. The minimum Gasteiger partial charge on any atom is -0.355 e. The molecule has 19 heavy (non-hydrogen) atoms. The second-order valence-electron chi connectivity index (χ2n) is 5.81. The second-order valence-corrected chi connectivity index (χ2v) is 6.60. The van der Waals surface area contributed by atoms with Gasteiger partial charge in [-0.3, -0.25) is 4.79 Å². The lowest BCUT2D eigenvalue weighted by Gasteiger charge is -2.25. The lowest BCUT2D eigenvalue weighted by molar-refractivity contribution is -0.122. The van der Waals surface area contributed by atoms with Gasteiger partial charge >= 0.3 is 0 Å². The van der Waals surface area contributed by atoms with Crippen molar-refractivity contribution in [3.8, 4) is 0 Å². The van der Waals surface area contributed by atoms with Gasteiger partial charge in [-0.2, -0.15) is 0 Å². The summed E-state index contributed by atoms with van der Waals surface area (Å²) < 4.78 is 0. The first-order valence-electron chi connectivity index (χ1n) is 6.85. The summed E-state index contributed by atoms with van der Waals surface area (Å²) in [7, 11) is 0. The largest absolute Gasteiger partial charge is 0.355 e. The third kappa shape index (κ3) is 5.77. The normalized spacial score (nSPS) is 13.1. The Hall–Kier alpha value is -0.830. The Morgan fingerprint density at radius 2 is 1.95 bits per heavy atom. The Kier molecular flexibility index (Phi) is 6.56. The number of halogens is 1. The predicted octanol–water partition coefficient (Wildman–Crippen LogP) is 4.11. The van der Waals surface area contributed by atoms with Crippen LogP contribution in [0.3, 0.4) is 0 Å². The van der Waals surface area contributed by atoms with E-state index in [0.717, 1.165) is 30.3 Å². The molecule has 1 unspecified atom stereocenters. The fourth-order valence-electron chi connectivity index (χ4n) is 2.01. The first kappa shape index (κ1) is 16.2. The van der Waals surface area contributed by atoms with E-state index in [2.05, 4.69) is 35.1 Å². The molecular formula is C16H24BrNO. The zero-order chi connectivity index (χ0) is 14.3. The summed E-state index contributed by atoms with van der Waals surface area (Å²) in [5.41, 5.74) is 1.22. The van der Waals surface area contributed by atoms with E-state index in [1.54, 1.807) is 0 Å². The molecule has 1 atom stereocenters. The van der Waals surface area contributed by atoms with E-state index >= 15 is 0 Å². The molecule has 106 valence electrons. The van der Waals surface area contributed by atoms with Crippen molar-refractivity contribution >= 4 is 21.8 Å². The van der Waals surface area contributed by atoms with Crippen LogP contribution in [0.5, 0.6) is 0 Å². The van der Waals surface area contributed by atoms with Gasteiger partial charge in [0.25, 0.3) is 0 Å². The van der Waals surface area contributed by atoms with Gasteiger partial charge in [-0.1, -0.05) is 60.1 Å². The molecule has 1 rings (SSSR count). The highest BCUT2D eigenvalue weighted by Gasteiger charge is 2.21. The SMILES string of the molecule is CC(C(=O)NCC(C)(C)CCCBr)c1ccccc1. The van der Waals surface area contributed by atoms with Crippen LogP contribution in [0.4, 0.5) is 0 Å². The summed E-state index contributed by atoms with van der Waals surface area (Å²) >= 11 is 3.45. The number of alkyl halides is 1. The molecule has 2 nitrogen and oxygen atoms in total. The van der Waals surface area contributed by atoms with Crippen LogP contribution < -0.4 is 5.32 Å². The van der Waals surface area contributed by atoms with Crippen LogP contribution in [-0.4, -0.2) is 17.8 Å². The molecule has 0 aliphatic rings. The number of hydrogen-bond donors (Lipinski definition) is 1. The van der Waals surface area contributed by atoms with Gasteiger partial charge in [0.05, 0.1) is 5.92 Å². The Labute approximate surface area is 125 Å². The van der Waals surface area contributed by atoms with Gasteiger partial charge in [0.1, 0.15) is 0 Å². The van der Waals surface area contributed by atoms with Gasteiger partial charge in [-0.05, 0) is 30.7 Å². The highest BCUT2D eigenvalue weighted by molar-refractivity contribution is 9.09. The molecule has 1 aromatic carbocycles. The summed E-state index contributed by atoms with van der Waals surface area (Å²) in [5.74, 6) is 0.0197. The lowest BCUT2D eigenvalue weighted by Crippen LogP contribution is -2.36. The van der Waals surface area contributed by atoms with Gasteiger partial charge in [0, 0.05) is 11.9 Å². The monoisotopic (exact) mass is 325 g/mol. The first-order valence-corrected chi connectivity index (χ1v) is 7.97. The number of nitrogens with one attached hydrogen (secondary N) is 1. The average molecular weight is 326 g/mol. The number of benzene rings is 1. The molecule has 0 aliphatic carbocycles. The van der Waals surface area contributed by atoms with Crippen molar-refractivity contribution in [3.05, 3.63) is 35.9 Å². The summed E-state index contributed by atoms with van der Waals surface area (Å²) in [6.45, 7) is 7.08. The van der Waals surface area contributed by atoms with Gasteiger partial charge < -0.3 is 5.32 Å². The first-order chi connectivity index (χ1) is 8.96. The molecule has 1 N–H and O–H groups in total. The fourth-order valence-corrected chi connectivity index (χ4v) is 2.29. The molecule has 0 aliphatic heterocycles. The number of amides is 1. The maximum Gasteiger partial charge on any atom is 0.227 e. The predicted molar refractivity (Wildman–Crippen MR) is 84.7 cm³/mol. The maximum atomic E-state index is 12.1. The van der Waals surface area contributed by atoms with Crippen LogP contribution in [0.25, 0.3) is 0 Å². The summed E-state index contributed by atoms with van der Waals surface area (Å²) in [5, 5.41) is 4.09. The minimum atomic E-state index is -0.0897. The van der Waals surface area contributed by atoms with Crippen molar-refractivity contribution in [2.24, 2.45) is 5.41 Å².